The number of aromatic nitrogens is 1. The molecule has 1 atom stereocenters. The zero-order valence-corrected chi connectivity index (χ0v) is 9.09. The first-order valence-corrected chi connectivity index (χ1v) is 5.15. The maximum atomic E-state index is 3.43. The highest BCUT2D eigenvalue weighted by molar-refractivity contribution is 5.18. The minimum Gasteiger partial charge on any atom is -0.348 e. The molecule has 1 aromatic heterocycles. The number of hydrogen-bond acceptors (Lipinski definition) is 1. The van der Waals surface area contributed by atoms with Crippen LogP contribution in [-0.4, -0.2) is 10.6 Å². The molecule has 0 saturated carbocycles. The van der Waals surface area contributed by atoms with Crippen molar-refractivity contribution in [1.29, 1.82) is 0 Å². The number of hydrogen-bond donors (Lipinski definition) is 1. The predicted octanol–water partition coefficient (Wildman–Crippen LogP) is 2.31. The molecule has 0 fully saturated rings. The van der Waals surface area contributed by atoms with E-state index in [1.807, 2.05) is 13.8 Å². The van der Waals surface area contributed by atoms with E-state index in [1.54, 1.807) is 0 Å². The van der Waals surface area contributed by atoms with Crippen molar-refractivity contribution in [1.82, 2.24) is 9.88 Å². The lowest BCUT2D eigenvalue weighted by Gasteiger charge is -2.22. The molecule has 0 aliphatic carbocycles. The van der Waals surface area contributed by atoms with Crippen LogP contribution in [0.2, 0.25) is 0 Å². The zero-order chi connectivity index (χ0) is 9.84. The first kappa shape index (κ1) is 10.3. The highest BCUT2D eigenvalue weighted by Gasteiger charge is 2.12. The Labute approximate surface area is 81.0 Å². The normalized spacial score (nSPS) is 20.2. The van der Waals surface area contributed by atoms with Gasteiger partial charge in [-0.2, -0.15) is 0 Å². The van der Waals surface area contributed by atoms with Crippen molar-refractivity contribution >= 4 is 0 Å². The van der Waals surface area contributed by atoms with Crippen molar-refractivity contribution in [2.24, 2.45) is 0 Å². The SMILES string of the molecule is CC.Cc1cc2n(c1)C[C@H](C)NC2. The third-order valence-corrected chi connectivity index (χ3v) is 2.22. The molecule has 2 heterocycles. The summed E-state index contributed by atoms with van der Waals surface area (Å²) in [6, 6.07) is 2.87. The van der Waals surface area contributed by atoms with Gasteiger partial charge in [0.2, 0.25) is 0 Å². The number of nitrogens with one attached hydrogen (secondary N) is 1. The summed E-state index contributed by atoms with van der Waals surface area (Å²) in [6.45, 7) is 10.5. The first-order chi connectivity index (χ1) is 6.25. The van der Waals surface area contributed by atoms with Crippen molar-refractivity contribution in [2.75, 3.05) is 0 Å². The summed E-state index contributed by atoms with van der Waals surface area (Å²) in [5.41, 5.74) is 2.79. The van der Waals surface area contributed by atoms with E-state index in [4.69, 9.17) is 0 Å². The molecule has 0 saturated heterocycles. The molecule has 1 aliphatic heterocycles. The Kier molecular flexibility index (Phi) is 3.55. The Morgan fingerprint density at radius 3 is 2.85 bits per heavy atom. The first-order valence-electron chi connectivity index (χ1n) is 5.15. The highest BCUT2D eigenvalue weighted by Crippen LogP contribution is 2.12. The number of aryl methyl sites for hydroxylation is 1. The van der Waals surface area contributed by atoms with Crippen molar-refractivity contribution in [2.45, 2.75) is 46.8 Å². The van der Waals surface area contributed by atoms with Crippen LogP contribution in [-0.2, 0) is 13.1 Å². The van der Waals surface area contributed by atoms with E-state index in [-0.39, 0.29) is 0 Å². The van der Waals surface area contributed by atoms with Crippen LogP contribution >= 0.6 is 0 Å². The van der Waals surface area contributed by atoms with Gasteiger partial charge in [-0.1, -0.05) is 13.8 Å². The van der Waals surface area contributed by atoms with Crippen LogP contribution in [0.1, 0.15) is 32.0 Å². The Bertz CT molecular complexity index is 263. The molecule has 2 rings (SSSR count). The molecule has 1 aromatic rings. The summed E-state index contributed by atoms with van der Waals surface area (Å²) in [4.78, 5) is 0. The molecule has 0 spiro atoms. The molecule has 0 aromatic carbocycles. The summed E-state index contributed by atoms with van der Waals surface area (Å²) >= 11 is 0. The van der Waals surface area contributed by atoms with E-state index < -0.39 is 0 Å². The smallest absolute Gasteiger partial charge is 0.0374 e. The van der Waals surface area contributed by atoms with Gasteiger partial charge < -0.3 is 9.88 Å². The van der Waals surface area contributed by atoms with Crippen LogP contribution in [0, 0.1) is 6.92 Å². The van der Waals surface area contributed by atoms with Gasteiger partial charge in [0.15, 0.2) is 0 Å². The van der Waals surface area contributed by atoms with Gasteiger partial charge in [0.25, 0.3) is 0 Å². The van der Waals surface area contributed by atoms with E-state index in [9.17, 15) is 0 Å². The molecule has 0 radical (unpaired) electrons. The molecule has 2 nitrogen and oxygen atoms in total. The summed E-state index contributed by atoms with van der Waals surface area (Å²) < 4.78 is 2.34. The molecule has 2 heteroatoms. The summed E-state index contributed by atoms with van der Waals surface area (Å²) in [6.07, 6.45) is 2.23. The van der Waals surface area contributed by atoms with Crippen LogP contribution in [0.5, 0.6) is 0 Å². The molecule has 0 unspecified atom stereocenters. The van der Waals surface area contributed by atoms with E-state index in [0.717, 1.165) is 13.1 Å². The minimum absolute atomic E-state index is 0.620. The molecule has 74 valence electrons. The van der Waals surface area contributed by atoms with E-state index in [0.29, 0.717) is 6.04 Å². The number of fused-ring (bicyclic) bond motifs is 1. The summed E-state index contributed by atoms with van der Waals surface area (Å²) in [7, 11) is 0. The topological polar surface area (TPSA) is 17.0 Å². The van der Waals surface area contributed by atoms with Crippen LogP contribution in [0.15, 0.2) is 12.3 Å². The maximum absolute atomic E-state index is 3.43. The number of nitrogens with zero attached hydrogens (tertiary/aromatic N) is 1. The van der Waals surface area contributed by atoms with Crippen molar-refractivity contribution in [3.63, 3.8) is 0 Å². The van der Waals surface area contributed by atoms with Crippen LogP contribution in [0.4, 0.5) is 0 Å². The van der Waals surface area contributed by atoms with Crippen molar-refractivity contribution in [3.05, 3.63) is 23.5 Å². The zero-order valence-electron chi connectivity index (χ0n) is 9.09. The van der Waals surface area contributed by atoms with Crippen LogP contribution in [0.3, 0.4) is 0 Å². The average molecular weight is 180 g/mol. The lowest BCUT2D eigenvalue weighted by atomic mass is 10.2. The third kappa shape index (κ3) is 2.34. The Morgan fingerprint density at radius 1 is 1.46 bits per heavy atom. The summed E-state index contributed by atoms with van der Waals surface area (Å²) in [5, 5.41) is 3.43. The third-order valence-electron chi connectivity index (χ3n) is 2.22. The monoisotopic (exact) mass is 180 g/mol. The minimum atomic E-state index is 0.620. The van der Waals surface area contributed by atoms with Crippen molar-refractivity contribution < 1.29 is 0 Å². The molecular weight excluding hydrogens is 160 g/mol. The van der Waals surface area contributed by atoms with E-state index >= 15 is 0 Å². The average Bonchev–Trinajstić information content (AvgIpc) is 2.48. The fraction of sp³-hybridized carbons (Fsp3) is 0.636. The van der Waals surface area contributed by atoms with Gasteiger partial charge in [-0.05, 0) is 25.5 Å². The van der Waals surface area contributed by atoms with Gasteiger partial charge in [-0.15, -0.1) is 0 Å². The molecule has 1 aliphatic rings. The Morgan fingerprint density at radius 2 is 2.15 bits per heavy atom. The quantitative estimate of drug-likeness (QED) is 0.648. The fourth-order valence-corrected chi connectivity index (χ4v) is 1.67. The van der Waals surface area contributed by atoms with Gasteiger partial charge in [-0.3, -0.25) is 0 Å². The molecule has 0 amide bonds. The Balaban J connectivity index is 0.000000396. The lowest BCUT2D eigenvalue weighted by Crippen LogP contribution is -2.35. The molecule has 0 bridgehead atoms. The summed E-state index contributed by atoms with van der Waals surface area (Å²) in [5.74, 6) is 0. The van der Waals surface area contributed by atoms with E-state index in [2.05, 4.69) is 36.0 Å². The Hall–Kier alpha value is -0.760. The van der Waals surface area contributed by atoms with Crippen molar-refractivity contribution in [3.8, 4) is 0 Å². The maximum Gasteiger partial charge on any atom is 0.0374 e. The van der Waals surface area contributed by atoms with Gasteiger partial charge in [0.05, 0.1) is 0 Å². The number of rotatable bonds is 0. The largest absolute Gasteiger partial charge is 0.348 e. The van der Waals surface area contributed by atoms with Crippen LogP contribution < -0.4 is 5.32 Å². The van der Waals surface area contributed by atoms with Gasteiger partial charge in [-0.25, -0.2) is 0 Å². The van der Waals surface area contributed by atoms with Gasteiger partial charge in [0, 0.05) is 31.0 Å². The van der Waals surface area contributed by atoms with Gasteiger partial charge >= 0.3 is 0 Å². The molecule has 13 heavy (non-hydrogen) atoms. The molecule has 1 N–H and O–H groups in total. The fourth-order valence-electron chi connectivity index (χ4n) is 1.67. The van der Waals surface area contributed by atoms with E-state index in [1.165, 1.54) is 11.3 Å². The molecular formula is C11H20N2. The van der Waals surface area contributed by atoms with Gasteiger partial charge in [0.1, 0.15) is 0 Å². The highest BCUT2D eigenvalue weighted by atomic mass is 15.1. The standard InChI is InChI=1S/C9H14N2.C2H6/c1-7-3-9-4-10-8(2)6-11(9)5-7;1-2/h3,5,8,10H,4,6H2,1-2H3;1-2H3/t8-;/m0./s1. The second kappa shape index (κ2) is 4.47. The second-order valence-electron chi connectivity index (χ2n) is 3.44. The lowest BCUT2D eigenvalue weighted by molar-refractivity contribution is 0.417. The second-order valence-corrected chi connectivity index (χ2v) is 3.44. The van der Waals surface area contributed by atoms with Crippen LogP contribution in [0.25, 0.3) is 0 Å². The predicted molar refractivity (Wildman–Crippen MR) is 56.8 cm³/mol.